The number of thiazole rings is 1. The number of ether oxygens (including phenoxy) is 1. The number of amides is 3. The number of methoxy groups -OCH3 is 1. The van der Waals surface area contributed by atoms with Crippen LogP contribution in [0.4, 0.5) is 15.6 Å². The van der Waals surface area contributed by atoms with Gasteiger partial charge < -0.3 is 15.4 Å². The van der Waals surface area contributed by atoms with Gasteiger partial charge in [0.05, 0.1) is 34.1 Å². The van der Waals surface area contributed by atoms with Gasteiger partial charge in [-0.2, -0.15) is 0 Å². The van der Waals surface area contributed by atoms with Gasteiger partial charge in [0.25, 0.3) is 5.91 Å². The molecule has 4 aromatic rings. The van der Waals surface area contributed by atoms with Crippen molar-refractivity contribution >= 4 is 55.9 Å². The molecule has 1 unspecified atom stereocenters. The SMILES string of the molecule is COc1ccc(C(C)NC(=O)Nc2nc3ccc(C(=O)Nc4c(C)cccc4Cl)cc3s2)cc1. The summed E-state index contributed by atoms with van der Waals surface area (Å²) in [7, 11) is 1.61. The molecule has 34 heavy (non-hydrogen) atoms. The van der Waals surface area contributed by atoms with E-state index in [1.165, 1.54) is 11.3 Å². The summed E-state index contributed by atoms with van der Waals surface area (Å²) in [6.07, 6.45) is 0. The van der Waals surface area contributed by atoms with E-state index in [0.29, 0.717) is 26.9 Å². The Morgan fingerprint density at radius 1 is 1.06 bits per heavy atom. The maximum atomic E-state index is 12.8. The number of halogens is 1. The van der Waals surface area contributed by atoms with Gasteiger partial charge in [-0.1, -0.05) is 47.2 Å². The lowest BCUT2D eigenvalue weighted by molar-refractivity contribution is 0.102. The van der Waals surface area contributed by atoms with Crippen LogP contribution in [0.1, 0.15) is 34.5 Å². The maximum Gasteiger partial charge on any atom is 0.321 e. The number of nitrogens with one attached hydrogen (secondary N) is 3. The summed E-state index contributed by atoms with van der Waals surface area (Å²) in [6.45, 7) is 3.78. The highest BCUT2D eigenvalue weighted by atomic mass is 35.5. The van der Waals surface area contributed by atoms with Gasteiger partial charge in [0.1, 0.15) is 5.75 Å². The number of anilines is 2. The number of hydrogen-bond acceptors (Lipinski definition) is 5. The molecule has 1 aromatic heterocycles. The predicted octanol–water partition coefficient (Wildman–Crippen LogP) is 6.40. The molecule has 7 nitrogen and oxygen atoms in total. The van der Waals surface area contributed by atoms with Crippen LogP contribution in [0.25, 0.3) is 10.2 Å². The minimum Gasteiger partial charge on any atom is -0.497 e. The molecule has 0 radical (unpaired) electrons. The molecule has 3 amide bonds. The van der Waals surface area contributed by atoms with E-state index >= 15 is 0 Å². The Bertz CT molecular complexity index is 1330. The van der Waals surface area contributed by atoms with Crippen molar-refractivity contribution in [1.82, 2.24) is 10.3 Å². The monoisotopic (exact) mass is 494 g/mol. The van der Waals surface area contributed by atoms with Crippen LogP contribution in [0.15, 0.2) is 60.7 Å². The lowest BCUT2D eigenvalue weighted by Crippen LogP contribution is -2.31. The van der Waals surface area contributed by atoms with Crippen molar-refractivity contribution < 1.29 is 14.3 Å². The first-order chi connectivity index (χ1) is 16.3. The van der Waals surface area contributed by atoms with Crippen LogP contribution in [0.2, 0.25) is 5.02 Å². The fraction of sp³-hybridized carbons (Fsp3) is 0.160. The third kappa shape index (κ3) is 5.30. The molecule has 174 valence electrons. The first kappa shape index (κ1) is 23.5. The Hall–Kier alpha value is -3.62. The Morgan fingerprint density at radius 2 is 1.82 bits per heavy atom. The predicted molar refractivity (Wildman–Crippen MR) is 137 cm³/mol. The van der Waals surface area contributed by atoms with Crippen molar-refractivity contribution in [2.75, 3.05) is 17.7 Å². The number of para-hydroxylation sites is 1. The van der Waals surface area contributed by atoms with E-state index in [1.807, 2.05) is 50.2 Å². The zero-order valence-corrected chi connectivity index (χ0v) is 20.4. The second-order valence-electron chi connectivity index (χ2n) is 7.68. The normalized spacial score (nSPS) is 11.6. The van der Waals surface area contributed by atoms with Gasteiger partial charge in [-0.25, -0.2) is 9.78 Å². The van der Waals surface area contributed by atoms with Crippen LogP contribution in [-0.2, 0) is 0 Å². The summed E-state index contributed by atoms with van der Waals surface area (Å²) in [4.78, 5) is 29.7. The molecule has 1 heterocycles. The number of urea groups is 1. The van der Waals surface area contributed by atoms with E-state index in [4.69, 9.17) is 16.3 Å². The number of hydrogen-bond donors (Lipinski definition) is 3. The van der Waals surface area contributed by atoms with Crippen molar-refractivity contribution in [3.05, 3.63) is 82.4 Å². The molecule has 3 aromatic carbocycles. The minimum absolute atomic E-state index is 0.205. The highest BCUT2D eigenvalue weighted by Crippen LogP contribution is 2.29. The number of aromatic nitrogens is 1. The fourth-order valence-electron chi connectivity index (χ4n) is 3.40. The number of fused-ring (bicyclic) bond motifs is 1. The van der Waals surface area contributed by atoms with Crippen LogP contribution in [0.5, 0.6) is 5.75 Å². The second-order valence-corrected chi connectivity index (χ2v) is 9.12. The molecule has 4 rings (SSSR count). The number of carbonyl (C=O) groups excluding carboxylic acids is 2. The van der Waals surface area contributed by atoms with Crippen molar-refractivity contribution in [2.45, 2.75) is 19.9 Å². The summed E-state index contributed by atoms with van der Waals surface area (Å²) in [5.41, 5.74) is 3.57. The van der Waals surface area contributed by atoms with Gasteiger partial charge >= 0.3 is 6.03 Å². The summed E-state index contributed by atoms with van der Waals surface area (Å²) >= 11 is 7.51. The van der Waals surface area contributed by atoms with E-state index in [0.717, 1.165) is 21.6 Å². The third-order valence-electron chi connectivity index (χ3n) is 5.29. The Balaban J connectivity index is 1.43. The van der Waals surface area contributed by atoms with Crippen LogP contribution in [0, 0.1) is 6.92 Å². The maximum absolute atomic E-state index is 12.8. The lowest BCUT2D eigenvalue weighted by atomic mass is 10.1. The third-order valence-corrected chi connectivity index (χ3v) is 6.54. The molecule has 0 fully saturated rings. The van der Waals surface area contributed by atoms with E-state index in [1.54, 1.807) is 31.4 Å². The molecular weight excluding hydrogens is 472 g/mol. The Kier molecular flexibility index (Phi) is 7.00. The number of aryl methyl sites for hydroxylation is 1. The van der Waals surface area contributed by atoms with Crippen molar-refractivity contribution in [3.63, 3.8) is 0 Å². The molecule has 0 spiro atoms. The molecule has 9 heteroatoms. The standard InChI is InChI=1S/C25H23ClN4O3S/c1-14-5-4-6-19(26)22(14)29-23(31)17-9-12-20-21(13-17)34-25(28-20)30-24(32)27-15(2)16-7-10-18(33-3)11-8-16/h4-13,15H,1-3H3,(H,29,31)(H2,27,28,30,32). The van der Waals surface area contributed by atoms with Gasteiger partial charge in [0.15, 0.2) is 5.13 Å². The van der Waals surface area contributed by atoms with Gasteiger partial charge in [0, 0.05) is 5.56 Å². The molecule has 1 atom stereocenters. The van der Waals surface area contributed by atoms with Crippen LogP contribution in [0.3, 0.4) is 0 Å². The van der Waals surface area contributed by atoms with E-state index in [-0.39, 0.29) is 18.0 Å². The van der Waals surface area contributed by atoms with Gasteiger partial charge in [-0.15, -0.1) is 0 Å². The zero-order valence-electron chi connectivity index (χ0n) is 18.8. The zero-order chi connectivity index (χ0) is 24.2. The average Bonchev–Trinajstić information content (AvgIpc) is 3.22. The highest BCUT2D eigenvalue weighted by molar-refractivity contribution is 7.22. The second kappa shape index (κ2) is 10.1. The number of carbonyl (C=O) groups is 2. The lowest BCUT2D eigenvalue weighted by Gasteiger charge is -2.14. The van der Waals surface area contributed by atoms with E-state index in [2.05, 4.69) is 20.9 Å². The smallest absolute Gasteiger partial charge is 0.321 e. The first-order valence-electron chi connectivity index (χ1n) is 10.5. The fourth-order valence-corrected chi connectivity index (χ4v) is 4.57. The van der Waals surface area contributed by atoms with Crippen LogP contribution in [-0.4, -0.2) is 24.0 Å². The highest BCUT2D eigenvalue weighted by Gasteiger charge is 2.15. The van der Waals surface area contributed by atoms with Gasteiger partial charge in [-0.3, -0.25) is 10.1 Å². The van der Waals surface area contributed by atoms with Crippen molar-refractivity contribution in [2.24, 2.45) is 0 Å². The molecule has 0 saturated carbocycles. The quantitative estimate of drug-likeness (QED) is 0.289. The molecular formula is C25H23ClN4O3S. The molecule has 0 aliphatic rings. The summed E-state index contributed by atoms with van der Waals surface area (Å²) in [5.74, 6) is 0.483. The number of rotatable bonds is 6. The first-order valence-corrected chi connectivity index (χ1v) is 11.7. The summed E-state index contributed by atoms with van der Waals surface area (Å²) < 4.78 is 5.94. The van der Waals surface area contributed by atoms with E-state index < -0.39 is 0 Å². The van der Waals surface area contributed by atoms with E-state index in [9.17, 15) is 9.59 Å². The molecule has 0 aliphatic heterocycles. The van der Waals surface area contributed by atoms with Crippen molar-refractivity contribution in [3.8, 4) is 5.75 Å². The summed E-state index contributed by atoms with van der Waals surface area (Å²) in [5, 5.41) is 9.45. The average molecular weight is 495 g/mol. The van der Waals surface area contributed by atoms with Gasteiger partial charge in [0.2, 0.25) is 0 Å². The molecule has 0 saturated heterocycles. The van der Waals surface area contributed by atoms with Crippen molar-refractivity contribution in [1.29, 1.82) is 0 Å². The minimum atomic E-state index is -0.366. The molecule has 3 N–H and O–H groups in total. The topological polar surface area (TPSA) is 92.3 Å². The number of nitrogens with zero attached hydrogens (tertiary/aromatic N) is 1. The Labute approximate surface area is 206 Å². The largest absolute Gasteiger partial charge is 0.497 e. The Morgan fingerprint density at radius 3 is 2.53 bits per heavy atom. The van der Waals surface area contributed by atoms with Crippen LogP contribution >= 0.6 is 22.9 Å². The number of benzene rings is 3. The van der Waals surface area contributed by atoms with Crippen LogP contribution < -0.4 is 20.7 Å². The summed E-state index contributed by atoms with van der Waals surface area (Å²) in [6, 6.07) is 17.6. The van der Waals surface area contributed by atoms with Gasteiger partial charge in [-0.05, 0) is 61.4 Å². The molecule has 0 aliphatic carbocycles. The molecule has 0 bridgehead atoms.